The number of aryl methyl sites for hydroxylation is 2. The molecule has 0 fully saturated rings. The Morgan fingerprint density at radius 1 is 0.391 bits per heavy atom. The van der Waals surface area contributed by atoms with Crippen molar-refractivity contribution in [3.63, 3.8) is 0 Å². The maximum atomic E-state index is 3.63. The van der Waals surface area contributed by atoms with Gasteiger partial charge < -0.3 is 0 Å². The predicted octanol–water partition coefficient (Wildman–Crippen LogP) is 10.3. The third-order valence-corrected chi connectivity index (χ3v) is 9.24. The minimum atomic E-state index is -0.0152. The van der Waals surface area contributed by atoms with E-state index in [4.69, 9.17) is 0 Å². The summed E-state index contributed by atoms with van der Waals surface area (Å²) < 4.78 is 0. The zero-order valence-electron chi connectivity index (χ0n) is 26.0. The first kappa shape index (κ1) is 27.7. The van der Waals surface area contributed by atoms with Gasteiger partial charge in [0.2, 0.25) is 0 Å². The molecule has 0 saturated heterocycles. The van der Waals surface area contributed by atoms with Gasteiger partial charge in [-0.2, -0.15) is 0 Å². The fraction of sp³-hybridized carbons (Fsp3) is 0.0870. The van der Waals surface area contributed by atoms with Crippen LogP contribution in [0.2, 0.25) is 0 Å². The lowest BCUT2D eigenvalue weighted by Crippen LogP contribution is -2.29. The van der Waals surface area contributed by atoms with Crippen molar-refractivity contribution in [2.24, 2.45) is 0 Å². The molecular weight excluding hydrogens is 553 g/mol. The van der Waals surface area contributed by atoms with Crippen molar-refractivity contribution in [2.45, 2.75) is 25.7 Å². The molecule has 3 aliphatic rings. The van der Waals surface area contributed by atoms with Crippen LogP contribution in [0.5, 0.6) is 0 Å². The number of hydrogen-bond donors (Lipinski definition) is 0. The van der Waals surface area contributed by atoms with E-state index in [-0.39, 0.29) is 11.8 Å². The van der Waals surface area contributed by atoms with Crippen LogP contribution in [0.3, 0.4) is 0 Å². The monoisotopic (exact) mass is 584 g/mol. The summed E-state index contributed by atoms with van der Waals surface area (Å²) in [5.41, 5.74) is 17.2. The Kier molecular flexibility index (Phi) is 6.99. The molecule has 3 aliphatic carbocycles. The molecular formula is C46H32. The highest BCUT2D eigenvalue weighted by molar-refractivity contribution is 6.04. The Labute approximate surface area is 272 Å². The van der Waals surface area contributed by atoms with Crippen LogP contribution in [0.4, 0.5) is 0 Å². The first-order valence-corrected chi connectivity index (χ1v) is 15.9. The van der Waals surface area contributed by atoms with Gasteiger partial charge in [0.15, 0.2) is 0 Å². The molecule has 0 atom stereocenters. The van der Waals surface area contributed by atoms with Crippen molar-refractivity contribution >= 4 is 11.1 Å². The van der Waals surface area contributed by atoms with E-state index in [0.717, 1.165) is 22.3 Å². The highest BCUT2D eigenvalue weighted by Crippen LogP contribution is 2.62. The van der Waals surface area contributed by atoms with Crippen LogP contribution in [-0.2, 0) is 0 Å². The maximum absolute atomic E-state index is 3.63. The lowest BCUT2D eigenvalue weighted by Gasteiger charge is -2.45. The average Bonchev–Trinajstić information content (AvgIpc) is 3.10. The zero-order valence-corrected chi connectivity index (χ0v) is 26.0. The zero-order chi connectivity index (χ0) is 31.0. The van der Waals surface area contributed by atoms with Gasteiger partial charge in [0.25, 0.3) is 0 Å². The summed E-state index contributed by atoms with van der Waals surface area (Å²) in [6, 6.07) is 52.2. The van der Waals surface area contributed by atoms with Crippen molar-refractivity contribution in [1.29, 1.82) is 0 Å². The third kappa shape index (κ3) is 4.86. The summed E-state index contributed by atoms with van der Waals surface area (Å²) in [5, 5.41) is 0. The minimum Gasteiger partial charge on any atom is -0.0622 e. The van der Waals surface area contributed by atoms with Crippen LogP contribution >= 0.6 is 0 Å². The van der Waals surface area contributed by atoms with Gasteiger partial charge in [-0.05, 0) is 106 Å². The summed E-state index contributed by atoms with van der Waals surface area (Å²) in [6.07, 6.45) is 0. The fourth-order valence-electron chi connectivity index (χ4n) is 7.36. The first-order valence-electron chi connectivity index (χ1n) is 15.9. The number of benzene rings is 6. The second kappa shape index (κ2) is 11.6. The largest absolute Gasteiger partial charge is 0.0622 e. The van der Waals surface area contributed by atoms with E-state index in [1.807, 2.05) is 0 Å². The van der Waals surface area contributed by atoms with Crippen molar-refractivity contribution in [3.05, 3.63) is 212 Å². The molecule has 0 heteroatoms. The molecule has 2 bridgehead atoms. The molecule has 0 unspecified atom stereocenters. The Bertz CT molecular complexity index is 2160. The molecule has 9 rings (SSSR count). The highest BCUT2D eigenvalue weighted by atomic mass is 14.5. The van der Waals surface area contributed by atoms with Gasteiger partial charge in [-0.1, -0.05) is 133 Å². The molecule has 0 spiro atoms. The van der Waals surface area contributed by atoms with Crippen LogP contribution in [0.1, 0.15) is 78.6 Å². The molecule has 6 aromatic carbocycles. The normalized spacial score (nSPS) is 15.6. The quantitative estimate of drug-likeness (QED) is 0.178. The van der Waals surface area contributed by atoms with E-state index < -0.39 is 0 Å². The van der Waals surface area contributed by atoms with Gasteiger partial charge in [-0.25, -0.2) is 0 Å². The first-order chi connectivity index (χ1) is 22.7. The van der Waals surface area contributed by atoms with Crippen LogP contribution in [0, 0.1) is 37.5 Å². The molecule has 216 valence electrons. The summed E-state index contributed by atoms with van der Waals surface area (Å²) in [4.78, 5) is 0. The van der Waals surface area contributed by atoms with E-state index in [1.54, 1.807) is 0 Å². The second-order valence-corrected chi connectivity index (χ2v) is 12.3. The van der Waals surface area contributed by atoms with Crippen LogP contribution in [-0.4, -0.2) is 0 Å². The molecule has 0 aliphatic heterocycles. The number of hydrogen-bond acceptors (Lipinski definition) is 0. The standard InChI is InChI=1S/C46H32/c1-31-13-9-15-33(29-31)25-27-37-21-11-23-39-41(37)46-42-38(28-26-34-16-10-14-32(2)30-34)22-12-24-40(42)45(39)43(35-17-5-3-6-18-35)44(46)36-19-7-4-8-20-36/h3-24,29-30,45-46H,1-2H3. The molecule has 0 N–H and O–H groups in total. The van der Waals surface area contributed by atoms with E-state index in [0.29, 0.717) is 0 Å². The summed E-state index contributed by atoms with van der Waals surface area (Å²) in [6.45, 7) is 4.24. The van der Waals surface area contributed by atoms with Gasteiger partial charge in [0, 0.05) is 34.1 Å². The summed E-state index contributed by atoms with van der Waals surface area (Å²) >= 11 is 0. The molecule has 0 amide bonds. The van der Waals surface area contributed by atoms with E-state index in [9.17, 15) is 0 Å². The molecule has 0 heterocycles. The van der Waals surface area contributed by atoms with Crippen LogP contribution in [0.25, 0.3) is 11.1 Å². The molecule has 0 radical (unpaired) electrons. The van der Waals surface area contributed by atoms with Crippen molar-refractivity contribution in [1.82, 2.24) is 0 Å². The Hall–Kier alpha value is -5.82. The van der Waals surface area contributed by atoms with E-state index >= 15 is 0 Å². The third-order valence-electron chi connectivity index (χ3n) is 9.24. The van der Waals surface area contributed by atoms with E-state index in [2.05, 4.69) is 183 Å². The summed E-state index contributed by atoms with van der Waals surface area (Å²) in [5.74, 6) is 14.3. The number of rotatable bonds is 2. The molecule has 0 nitrogen and oxygen atoms in total. The average molecular weight is 585 g/mol. The van der Waals surface area contributed by atoms with Crippen molar-refractivity contribution in [3.8, 4) is 23.7 Å². The Balaban J connectivity index is 1.42. The summed E-state index contributed by atoms with van der Waals surface area (Å²) in [7, 11) is 0. The molecule has 0 aromatic heterocycles. The number of allylic oxidation sites excluding steroid dienone is 2. The van der Waals surface area contributed by atoms with Gasteiger partial charge in [-0.15, -0.1) is 0 Å². The van der Waals surface area contributed by atoms with Gasteiger partial charge >= 0.3 is 0 Å². The van der Waals surface area contributed by atoms with Crippen molar-refractivity contribution < 1.29 is 0 Å². The van der Waals surface area contributed by atoms with Gasteiger partial charge in [0.05, 0.1) is 0 Å². The molecule has 46 heavy (non-hydrogen) atoms. The minimum absolute atomic E-state index is 0.0152. The van der Waals surface area contributed by atoms with Gasteiger partial charge in [0.1, 0.15) is 0 Å². The van der Waals surface area contributed by atoms with E-state index in [1.165, 1.54) is 55.7 Å². The van der Waals surface area contributed by atoms with Crippen LogP contribution in [0.15, 0.2) is 146 Å². The smallest absolute Gasteiger partial charge is 0.0380 e. The lowest BCUT2D eigenvalue weighted by molar-refractivity contribution is 0.836. The fourth-order valence-corrected chi connectivity index (χ4v) is 7.36. The Morgan fingerprint density at radius 3 is 1.28 bits per heavy atom. The lowest BCUT2D eigenvalue weighted by atomic mass is 9.57. The van der Waals surface area contributed by atoms with Crippen molar-refractivity contribution in [2.75, 3.05) is 0 Å². The predicted molar refractivity (Wildman–Crippen MR) is 191 cm³/mol. The second-order valence-electron chi connectivity index (χ2n) is 12.3. The van der Waals surface area contributed by atoms with Gasteiger partial charge in [-0.3, -0.25) is 0 Å². The topological polar surface area (TPSA) is 0 Å². The molecule has 0 saturated carbocycles. The SMILES string of the molecule is Cc1cccc(C#Cc2cccc3c2C2C(c4ccccc4)=C(c4ccccc4)C3c3cccc(C#Cc4cccc(C)c4)c32)c1. The van der Waals surface area contributed by atoms with Crippen LogP contribution < -0.4 is 0 Å². The maximum Gasteiger partial charge on any atom is 0.0380 e. The molecule has 6 aromatic rings. The Morgan fingerprint density at radius 2 is 0.826 bits per heavy atom. The highest BCUT2D eigenvalue weighted by Gasteiger charge is 2.45.